The first-order valence-electron chi connectivity index (χ1n) is 8.48. The lowest BCUT2D eigenvalue weighted by molar-refractivity contribution is 0.202. The lowest BCUT2D eigenvalue weighted by Gasteiger charge is -2.34. The maximum Gasteiger partial charge on any atom is 0.214 e. The van der Waals surface area contributed by atoms with Crippen LogP contribution >= 0.6 is 0 Å². The van der Waals surface area contributed by atoms with Gasteiger partial charge in [0.2, 0.25) is 5.90 Å². The molecule has 3 rings (SSSR count). The monoisotopic (exact) mass is 329 g/mol. The van der Waals surface area contributed by atoms with Crippen molar-refractivity contribution in [3.63, 3.8) is 0 Å². The highest BCUT2D eigenvalue weighted by atomic mass is 16.5. The minimum atomic E-state index is 0.0785. The van der Waals surface area contributed by atoms with Crippen LogP contribution in [-0.4, -0.2) is 46.1 Å². The smallest absolute Gasteiger partial charge is 0.214 e. The fraction of sp³-hybridized carbons (Fsp3) is 0.526. The Bertz CT molecular complexity index is 679. The number of phenolic OH excluding ortho intramolecular Hbond substituents is 1. The summed E-state index contributed by atoms with van der Waals surface area (Å²) in [6, 6.07) is 7.13. The Balaban J connectivity index is 1.81. The predicted molar refractivity (Wildman–Crippen MR) is 95.6 cm³/mol. The third kappa shape index (κ3) is 3.07. The zero-order valence-corrected chi connectivity index (χ0v) is 15.2. The summed E-state index contributed by atoms with van der Waals surface area (Å²) in [5, 5.41) is 9.57. The van der Waals surface area contributed by atoms with Crippen LogP contribution in [0.4, 0.5) is 0 Å². The average Bonchev–Trinajstić information content (AvgIpc) is 2.74. The number of hydrogen-bond donors (Lipinski definition) is 1. The molecule has 1 fully saturated rings. The molecule has 5 nitrogen and oxygen atoms in total. The Morgan fingerprint density at radius 1 is 1.38 bits per heavy atom. The maximum atomic E-state index is 9.57. The second kappa shape index (κ2) is 6.04. The molecule has 0 spiro atoms. The first-order chi connectivity index (χ1) is 11.3. The lowest BCUT2D eigenvalue weighted by Crippen LogP contribution is -2.40. The van der Waals surface area contributed by atoms with Gasteiger partial charge in [-0.3, -0.25) is 0 Å². The molecule has 1 aromatic rings. The van der Waals surface area contributed by atoms with Crippen LogP contribution in [0.3, 0.4) is 0 Å². The summed E-state index contributed by atoms with van der Waals surface area (Å²) in [5.41, 5.74) is 1.01. The van der Waals surface area contributed by atoms with Gasteiger partial charge in [-0.15, -0.1) is 0 Å². The van der Waals surface area contributed by atoms with Crippen molar-refractivity contribution in [3.8, 4) is 5.75 Å². The van der Waals surface area contributed by atoms with Gasteiger partial charge in [-0.2, -0.15) is 0 Å². The molecule has 1 unspecified atom stereocenters. The molecule has 0 bridgehead atoms. The third-order valence-electron chi connectivity index (χ3n) is 4.83. The van der Waals surface area contributed by atoms with E-state index in [1.54, 1.807) is 12.1 Å². The molecule has 1 saturated heterocycles. The number of likely N-dealkylation sites (N-methyl/N-ethyl adjacent to an activating group) is 1. The lowest BCUT2D eigenvalue weighted by atomic mass is 10.1. The standard InChI is InChI=1S/C19H27N3O2/c1-13(2)18-20-16(24-11-14-7-6-8-15(23)9-14)10-17-21(5)19(3,4)12-22(17)18/h6-10,13,18,23H,11-12H2,1-5H3. The Morgan fingerprint density at radius 3 is 2.79 bits per heavy atom. The van der Waals surface area contributed by atoms with Crippen molar-refractivity contribution in [3.05, 3.63) is 41.7 Å². The van der Waals surface area contributed by atoms with Crippen LogP contribution in [-0.2, 0) is 11.3 Å². The van der Waals surface area contributed by atoms with Crippen molar-refractivity contribution in [1.29, 1.82) is 0 Å². The number of rotatable bonds is 3. The average molecular weight is 329 g/mol. The normalized spacial score (nSPS) is 22.3. The van der Waals surface area contributed by atoms with E-state index in [1.165, 1.54) is 5.82 Å². The fourth-order valence-corrected chi connectivity index (χ4v) is 3.25. The second-order valence-corrected chi connectivity index (χ2v) is 7.59. The molecule has 1 aromatic carbocycles. The van der Waals surface area contributed by atoms with E-state index in [-0.39, 0.29) is 17.5 Å². The highest BCUT2D eigenvalue weighted by Gasteiger charge is 2.43. The summed E-state index contributed by atoms with van der Waals surface area (Å²) < 4.78 is 5.94. The van der Waals surface area contributed by atoms with Crippen LogP contribution in [0.5, 0.6) is 5.75 Å². The molecule has 2 aliphatic rings. The van der Waals surface area contributed by atoms with E-state index in [4.69, 9.17) is 9.73 Å². The van der Waals surface area contributed by atoms with Crippen molar-refractivity contribution >= 4 is 5.90 Å². The van der Waals surface area contributed by atoms with Crippen molar-refractivity contribution < 1.29 is 9.84 Å². The predicted octanol–water partition coefficient (Wildman–Crippen LogP) is 3.17. The van der Waals surface area contributed by atoms with E-state index in [1.807, 2.05) is 18.2 Å². The molecule has 1 atom stereocenters. The number of aliphatic imine (C=N–C) groups is 1. The molecule has 5 heteroatoms. The number of aromatic hydroxyl groups is 1. The largest absolute Gasteiger partial charge is 0.508 e. The molecule has 0 radical (unpaired) electrons. The van der Waals surface area contributed by atoms with Gasteiger partial charge in [-0.1, -0.05) is 26.0 Å². The van der Waals surface area contributed by atoms with Gasteiger partial charge < -0.3 is 19.6 Å². The van der Waals surface area contributed by atoms with Crippen LogP contribution in [0, 0.1) is 5.92 Å². The second-order valence-electron chi connectivity index (χ2n) is 7.59. The molecule has 0 aromatic heterocycles. The number of fused-ring (bicyclic) bond motifs is 1. The highest BCUT2D eigenvalue weighted by Crippen LogP contribution is 2.36. The minimum Gasteiger partial charge on any atom is -0.508 e. The van der Waals surface area contributed by atoms with Crippen molar-refractivity contribution in [2.75, 3.05) is 13.6 Å². The Morgan fingerprint density at radius 2 is 2.12 bits per heavy atom. The van der Waals surface area contributed by atoms with E-state index in [0.29, 0.717) is 18.4 Å². The number of ether oxygens (including phenoxy) is 1. The van der Waals surface area contributed by atoms with Crippen LogP contribution < -0.4 is 0 Å². The van der Waals surface area contributed by atoms with Crippen LogP contribution in [0.2, 0.25) is 0 Å². The first-order valence-corrected chi connectivity index (χ1v) is 8.48. The van der Waals surface area contributed by atoms with Crippen molar-refractivity contribution in [2.45, 2.75) is 46.0 Å². The van der Waals surface area contributed by atoms with E-state index >= 15 is 0 Å². The molecule has 2 aliphatic heterocycles. The number of benzene rings is 1. The van der Waals surface area contributed by atoms with Gasteiger partial charge in [0, 0.05) is 19.7 Å². The van der Waals surface area contributed by atoms with Gasteiger partial charge in [0.1, 0.15) is 24.3 Å². The first kappa shape index (κ1) is 16.7. The molecule has 1 N–H and O–H groups in total. The quantitative estimate of drug-likeness (QED) is 0.925. The summed E-state index contributed by atoms with van der Waals surface area (Å²) in [5.74, 6) is 2.48. The van der Waals surface area contributed by atoms with E-state index < -0.39 is 0 Å². The number of phenols is 1. The van der Waals surface area contributed by atoms with Crippen molar-refractivity contribution in [1.82, 2.24) is 9.80 Å². The molecule has 130 valence electrons. The van der Waals surface area contributed by atoms with Gasteiger partial charge in [-0.25, -0.2) is 4.99 Å². The molecule has 2 heterocycles. The molecule has 0 amide bonds. The van der Waals surface area contributed by atoms with E-state index in [2.05, 4.69) is 44.5 Å². The van der Waals surface area contributed by atoms with Gasteiger partial charge in [0.15, 0.2) is 0 Å². The van der Waals surface area contributed by atoms with E-state index in [9.17, 15) is 5.11 Å². The topological polar surface area (TPSA) is 48.3 Å². The number of hydrogen-bond acceptors (Lipinski definition) is 5. The van der Waals surface area contributed by atoms with Gasteiger partial charge in [-0.05, 0) is 37.5 Å². The van der Waals surface area contributed by atoms with Crippen LogP contribution in [0.15, 0.2) is 41.2 Å². The van der Waals surface area contributed by atoms with E-state index in [0.717, 1.165) is 12.1 Å². The van der Waals surface area contributed by atoms with Crippen molar-refractivity contribution in [2.24, 2.45) is 10.9 Å². The molecular formula is C19H27N3O2. The summed E-state index contributed by atoms with van der Waals surface area (Å²) in [4.78, 5) is 9.48. The maximum absolute atomic E-state index is 9.57. The summed E-state index contributed by atoms with van der Waals surface area (Å²) in [6.07, 6.45) is 2.12. The zero-order valence-electron chi connectivity index (χ0n) is 15.2. The van der Waals surface area contributed by atoms with Gasteiger partial charge in [0.25, 0.3) is 0 Å². The molecule has 0 saturated carbocycles. The third-order valence-corrected chi connectivity index (χ3v) is 4.83. The van der Waals surface area contributed by atoms with Gasteiger partial charge >= 0.3 is 0 Å². The van der Waals surface area contributed by atoms with Crippen LogP contribution in [0.25, 0.3) is 0 Å². The molecule has 0 aliphatic carbocycles. The Hall–Kier alpha value is -2.17. The SMILES string of the molecule is CC(C)C1N=C(OCc2cccc(O)c2)C=C2N1CC(C)(C)N2C. The molecule has 24 heavy (non-hydrogen) atoms. The summed E-state index contributed by atoms with van der Waals surface area (Å²) >= 11 is 0. The summed E-state index contributed by atoms with van der Waals surface area (Å²) in [7, 11) is 2.13. The summed E-state index contributed by atoms with van der Waals surface area (Å²) in [6.45, 7) is 10.2. The Kier molecular flexibility index (Phi) is 4.20. The highest BCUT2D eigenvalue weighted by molar-refractivity contribution is 5.89. The van der Waals surface area contributed by atoms with Crippen LogP contribution in [0.1, 0.15) is 33.3 Å². The number of nitrogens with zero attached hydrogens (tertiary/aromatic N) is 3. The Labute approximate surface area is 144 Å². The fourth-order valence-electron chi connectivity index (χ4n) is 3.25. The minimum absolute atomic E-state index is 0.0785. The zero-order chi connectivity index (χ0) is 17.5. The van der Waals surface area contributed by atoms with Gasteiger partial charge in [0.05, 0.1) is 5.54 Å². The molecular weight excluding hydrogens is 302 g/mol.